The zero-order valence-corrected chi connectivity index (χ0v) is 16.0. The average molecular weight is 407 g/mol. The van der Waals surface area contributed by atoms with Crippen LogP contribution in [0.3, 0.4) is 0 Å². The topological polar surface area (TPSA) is 62.1 Å². The van der Waals surface area contributed by atoms with Crippen molar-refractivity contribution in [2.45, 2.75) is 6.61 Å². The molecule has 0 saturated heterocycles. The number of nitrogens with zero attached hydrogens (tertiary/aromatic N) is 1. The Balaban J connectivity index is 1.65. The molecule has 144 valence electrons. The molecule has 3 aromatic carbocycles. The molecule has 0 aliphatic carbocycles. The first-order chi connectivity index (χ1) is 14.0. The number of carbonyl (C=O) groups is 1. The second-order valence-electron chi connectivity index (χ2n) is 6.08. The van der Waals surface area contributed by atoms with E-state index >= 15 is 0 Å². The van der Waals surface area contributed by atoms with Crippen molar-refractivity contribution in [3.63, 3.8) is 0 Å². The van der Waals surface area contributed by atoms with Gasteiger partial charge in [0.1, 0.15) is 29.8 Å². The number of nitrogens with one attached hydrogen (secondary N) is 1. The van der Waals surface area contributed by atoms with Crippen LogP contribution in [0.15, 0.2) is 78.4 Å². The lowest BCUT2D eigenvalue weighted by Crippen LogP contribution is -2.13. The van der Waals surface area contributed by atoms with Crippen molar-refractivity contribution in [3.05, 3.63) is 100 Å². The molecule has 6 heteroatoms. The Hall–Kier alpha value is -3.62. The fourth-order valence-electron chi connectivity index (χ4n) is 2.48. The maximum absolute atomic E-state index is 12.9. The van der Waals surface area contributed by atoms with Crippen molar-refractivity contribution < 1.29 is 13.9 Å². The molecule has 0 atom stereocenters. The van der Waals surface area contributed by atoms with Gasteiger partial charge in [-0.25, -0.2) is 4.39 Å². The van der Waals surface area contributed by atoms with E-state index in [1.54, 1.807) is 30.3 Å². The summed E-state index contributed by atoms with van der Waals surface area (Å²) in [5.41, 5.74) is 1.88. The molecule has 0 spiro atoms. The summed E-state index contributed by atoms with van der Waals surface area (Å²) in [6, 6.07) is 21.6. The van der Waals surface area contributed by atoms with Gasteiger partial charge in [0.15, 0.2) is 0 Å². The number of rotatable bonds is 6. The molecule has 29 heavy (non-hydrogen) atoms. The van der Waals surface area contributed by atoms with Crippen LogP contribution in [-0.2, 0) is 11.4 Å². The summed E-state index contributed by atoms with van der Waals surface area (Å²) in [6.45, 7) is 0.332. The van der Waals surface area contributed by atoms with E-state index < -0.39 is 11.7 Å². The third-order valence-electron chi connectivity index (χ3n) is 4.01. The molecule has 0 radical (unpaired) electrons. The molecule has 1 amide bonds. The Morgan fingerprint density at radius 1 is 1.07 bits per heavy atom. The van der Waals surface area contributed by atoms with Crippen LogP contribution in [0.1, 0.15) is 11.1 Å². The van der Waals surface area contributed by atoms with Gasteiger partial charge in [0.05, 0.1) is 0 Å². The van der Waals surface area contributed by atoms with Gasteiger partial charge in [-0.05, 0) is 54.1 Å². The zero-order valence-electron chi connectivity index (χ0n) is 15.2. The highest BCUT2D eigenvalue weighted by molar-refractivity contribution is 6.31. The van der Waals surface area contributed by atoms with Crippen molar-refractivity contribution in [1.29, 1.82) is 5.26 Å². The number of anilines is 1. The monoisotopic (exact) mass is 406 g/mol. The summed E-state index contributed by atoms with van der Waals surface area (Å²) in [4.78, 5) is 12.3. The SMILES string of the molecule is N#C/C(=C\c1ccc(OCc2ccccc2Cl)cc1)C(=O)Nc1ccc(F)cc1. The van der Waals surface area contributed by atoms with E-state index in [9.17, 15) is 14.4 Å². The molecule has 0 aliphatic rings. The lowest BCUT2D eigenvalue weighted by molar-refractivity contribution is -0.112. The first-order valence-electron chi connectivity index (χ1n) is 8.70. The minimum Gasteiger partial charge on any atom is -0.489 e. The third kappa shape index (κ3) is 5.68. The first kappa shape index (κ1) is 20.1. The summed E-state index contributed by atoms with van der Waals surface area (Å²) in [5.74, 6) is -0.342. The van der Waals surface area contributed by atoms with Crippen molar-refractivity contribution in [3.8, 4) is 11.8 Å². The zero-order chi connectivity index (χ0) is 20.6. The van der Waals surface area contributed by atoms with E-state index in [1.165, 1.54) is 30.3 Å². The van der Waals surface area contributed by atoms with Gasteiger partial charge in [0.25, 0.3) is 5.91 Å². The van der Waals surface area contributed by atoms with E-state index in [0.717, 1.165) is 5.56 Å². The van der Waals surface area contributed by atoms with Crippen LogP contribution in [-0.4, -0.2) is 5.91 Å². The number of benzene rings is 3. The highest BCUT2D eigenvalue weighted by Gasteiger charge is 2.10. The van der Waals surface area contributed by atoms with Crippen LogP contribution < -0.4 is 10.1 Å². The Labute approximate surface area is 172 Å². The number of hydrogen-bond donors (Lipinski definition) is 1. The van der Waals surface area contributed by atoms with E-state index in [4.69, 9.17) is 16.3 Å². The van der Waals surface area contributed by atoms with Crippen LogP contribution >= 0.6 is 11.6 Å². The highest BCUT2D eigenvalue weighted by Crippen LogP contribution is 2.20. The van der Waals surface area contributed by atoms with E-state index in [0.29, 0.717) is 28.6 Å². The average Bonchev–Trinajstić information content (AvgIpc) is 2.74. The Kier molecular flexibility index (Phi) is 6.62. The van der Waals surface area contributed by atoms with Gasteiger partial charge in [0.2, 0.25) is 0 Å². The molecule has 0 bridgehead atoms. The number of hydrogen-bond acceptors (Lipinski definition) is 3. The maximum Gasteiger partial charge on any atom is 0.266 e. The van der Waals surface area contributed by atoms with Crippen LogP contribution in [0.5, 0.6) is 5.75 Å². The fraction of sp³-hybridized carbons (Fsp3) is 0.0435. The summed E-state index contributed by atoms with van der Waals surface area (Å²) < 4.78 is 18.7. The summed E-state index contributed by atoms with van der Waals surface area (Å²) in [7, 11) is 0. The second-order valence-corrected chi connectivity index (χ2v) is 6.49. The molecule has 0 heterocycles. The first-order valence-corrected chi connectivity index (χ1v) is 9.08. The largest absolute Gasteiger partial charge is 0.489 e. The molecule has 3 rings (SSSR count). The lowest BCUT2D eigenvalue weighted by atomic mass is 10.1. The molecular weight excluding hydrogens is 391 g/mol. The van der Waals surface area contributed by atoms with Crippen molar-refractivity contribution in [2.75, 3.05) is 5.32 Å². The van der Waals surface area contributed by atoms with E-state index in [-0.39, 0.29) is 5.57 Å². The van der Waals surface area contributed by atoms with Crippen molar-refractivity contribution in [2.24, 2.45) is 0 Å². The second kappa shape index (κ2) is 9.54. The van der Waals surface area contributed by atoms with E-state index in [1.807, 2.05) is 24.3 Å². The predicted molar refractivity (Wildman–Crippen MR) is 111 cm³/mol. The maximum atomic E-state index is 12.9. The number of halogens is 2. The van der Waals surface area contributed by atoms with Gasteiger partial charge in [0, 0.05) is 16.3 Å². The molecule has 0 saturated carbocycles. The number of nitriles is 1. The molecule has 0 unspecified atom stereocenters. The Bertz CT molecular complexity index is 1070. The van der Waals surface area contributed by atoms with E-state index in [2.05, 4.69) is 5.32 Å². The van der Waals surface area contributed by atoms with Crippen molar-refractivity contribution >= 4 is 29.3 Å². The fourth-order valence-corrected chi connectivity index (χ4v) is 2.67. The van der Waals surface area contributed by atoms with Gasteiger partial charge < -0.3 is 10.1 Å². The van der Waals surface area contributed by atoms with Gasteiger partial charge >= 0.3 is 0 Å². The van der Waals surface area contributed by atoms with Gasteiger partial charge in [-0.1, -0.05) is 41.9 Å². The lowest BCUT2D eigenvalue weighted by Gasteiger charge is -2.08. The standard InChI is InChI=1S/C23H16ClFN2O2/c24-22-4-2-1-3-17(22)15-29-21-11-5-16(6-12-21)13-18(14-26)23(28)27-20-9-7-19(25)8-10-20/h1-13H,15H2,(H,27,28)/b18-13+. The number of ether oxygens (including phenoxy) is 1. The predicted octanol–water partition coefficient (Wildman–Crippen LogP) is 5.60. The molecule has 1 N–H and O–H groups in total. The van der Waals surface area contributed by atoms with Crippen LogP contribution in [0, 0.1) is 17.1 Å². The smallest absolute Gasteiger partial charge is 0.266 e. The van der Waals surface area contributed by atoms with Gasteiger partial charge in [-0.3, -0.25) is 4.79 Å². The minimum atomic E-state index is -0.571. The van der Waals surface area contributed by atoms with Gasteiger partial charge in [-0.2, -0.15) is 5.26 Å². The molecular formula is C23H16ClFN2O2. The third-order valence-corrected chi connectivity index (χ3v) is 4.38. The summed E-state index contributed by atoms with van der Waals surface area (Å²) in [6.07, 6.45) is 1.47. The number of carbonyl (C=O) groups excluding carboxylic acids is 1. The van der Waals surface area contributed by atoms with Crippen LogP contribution in [0.4, 0.5) is 10.1 Å². The van der Waals surface area contributed by atoms with Crippen LogP contribution in [0.25, 0.3) is 6.08 Å². The molecule has 0 fully saturated rings. The highest BCUT2D eigenvalue weighted by atomic mass is 35.5. The Morgan fingerprint density at radius 2 is 1.76 bits per heavy atom. The minimum absolute atomic E-state index is 0.0703. The molecule has 0 aromatic heterocycles. The quantitative estimate of drug-likeness (QED) is 0.428. The normalized spacial score (nSPS) is 10.9. The van der Waals surface area contributed by atoms with Gasteiger partial charge in [-0.15, -0.1) is 0 Å². The van der Waals surface area contributed by atoms with Crippen molar-refractivity contribution in [1.82, 2.24) is 0 Å². The summed E-state index contributed by atoms with van der Waals surface area (Å²) >= 11 is 6.11. The summed E-state index contributed by atoms with van der Waals surface area (Å²) in [5, 5.41) is 12.5. The number of amides is 1. The molecule has 4 nitrogen and oxygen atoms in total. The molecule has 0 aliphatic heterocycles. The van der Waals surface area contributed by atoms with Crippen LogP contribution in [0.2, 0.25) is 5.02 Å². The molecule has 3 aromatic rings. The Morgan fingerprint density at radius 3 is 2.41 bits per heavy atom.